The molecule has 0 aliphatic heterocycles. The van der Waals surface area contributed by atoms with Gasteiger partial charge in [0, 0.05) is 25.7 Å². The third-order valence-corrected chi connectivity index (χ3v) is 23.4. The maximum absolute atomic E-state index is 13.2. The minimum atomic E-state index is -4.97. The van der Waals surface area contributed by atoms with Gasteiger partial charge in [-0.15, -0.1) is 0 Å². The van der Waals surface area contributed by atoms with E-state index in [0.29, 0.717) is 25.7 Å². The largest absolute Gasteiger partial charge is 0.472 e. The van der Waals surface area contributed by atoms with Gasteiger partial charge in [-0.2, -0.15) is 0 Å². The summed E-state index contributed by atoms with van der Waals surface area (Å²) in [4.78, 5) is 73.3. The lowest BCUT2D eigenvalue weighted by atomic mass is 9.99. The molecule has 0 aliphatic carbocycles. The van der Waals surface area contributed by atoms with Gasteiger partial charge in [-0.05, 0) is 43.4 Å². The highest BCUT2D eigenvalue weighted by Crippen LogP contribution is 2.45. The molecule has 0 fully saturated rings. The molecule has 3 N–H and O–H groups in total. The predicted octanol–water partition coefficient (Wildman–Crippen LogP) is 27.6. The van der Waals surface area contributed by atoms with Gasteiger partial charge in [-0.3, -0.25) is 37.3 Å². The number of carbonyl (C=O) groups is 4. The van der Waals surface area contributed by atoms with Crippen LogP contribution >= 0.6 is 15.6 Å². The molecule has 0 bridgehead atoms. The summed E-state index contributed by atoms with van der Waals surface area (Å²) in [5.74, 6) is 0.389. The summed E-state index contributed by atoms with van der Waals surface area (Å²) in [5, 5.41) is 10.7. The van der Waals surface area contributed by atoms with Crippen LogP contribution in [0.3, 0.4) is 0 Å². The second-order valence-corrected chi connectivity index (χ2v) is 36.4. The number of phosphoric ester groups is 2. The van der Waals surface area contributed by atoms with Crippen molar-refractivity contribution in [3.63, 3.8) is 0 Å². The lowest BCUT2D eigenvalue weighted by molar-refractivity contribution is -0.161. The second kappa shape index (κ2) is 79.9. The number of aliphatic hydroxyl groups excluding tert-OH is 1. The Morgan fingerprint density at radius 1 is 0.266 bits per heavy atom. The summed E-state index contributed by atoms with van der Waals surface area (Å²) in [6.07, 6.45) is 72.3. The molecule has 0 aliphatic rings. The third kappa shape index (κ3) is 82.4. The van der Waals surface area contributed by atoms with Gasteiger partial charge in [-0.1, -0.05) is 427 Å². The molecule has 0 amide bonds. The van der Waals surface area contributed by atoms with Crippen molar-refractivity contribution in [1.29, 1.82) is 0 Å². The standard InChI is InChI=1S/C90H176O17P2/c1-8-10-11-12-13-40-50-57-64-71-87(92)100-77-85(106-89(94)74-67-60-53-46-39-33-27-26-30-36-43-49-56-63-70-83(7)9-2)79-104-108(96,97)102-75-84(91)76-103-109(98,99)105-80-86(107-90(95)73-66-59-52-45-38-32-25-21-17-15-19-23-29-35-42-48-55-62-69-82(5)6)78-101-88(93)72-65-58-51-44-37-31-24-20-16-14-18-22-28-34-41-47-54-61-68-81(3)4/h81-86,91H,8-80H2,1-7H3,(H,96,97)(H,98,99)/t83?,84-,85+,86+/m0/s1. The number of esters is 4. The van der Waals surface area contributed by atoms with Crippen LogP contribution in [0.25, 0.3) is 0 Å². The van der Waals surface area contributed by atoms with Crippen molar-refractivity contribution in [1.82, 2.24) is 0 Å². The maximum atomic E-state index is 13.2. The van der Waals surface area contributed by atoms with Gasteiger partial charge in [0.05, 0.1) is 26.4 Å². The molecule has 0 spiro atoms. The molecule has 0 saturated heterocycles. The van der Waals surface area contributed by atoms with Gasteiger partial charge in [0.1, 0.15) is 19.3 Å². The van der Waals surface area contributed by atoms with Crippen molar-refractivity contribution < 1.29 is 80.2 Å². The minimum Gasteiger partial charge on any atom is -0.462 e. The topological polar surface area (TPSA) is 237 Å². The summed E-state index contributed by atoms with van der Waals surface area (Å²) in [5.41, 5.74) is 0. The molecule has 19 heteroatoms. The second-order valence-electron chi connectivity index (χ2n) is 33.5. The molecule has 6 atom stereocenters. The first-order chi connectivity index (χ1) is 52.8. The van der Waals surface area contributed by atoms with E-state index in [0.717, 1.165) is 108 Å². The van der Waals surface area contributed by atoms with Crippen molar-refractivity contribution in [3.05, 3.63) is 0 Å². The van der Waals surface area contributed by atoms with E-state index in [1.807, 2.05) is 0 Å². The Bertz CT molecular complexity index is 2100. The van der Waals surface area contributed by atoms with Gasteiger partial charge in [0.2, 0.25) is 0 Å². The molecule has 0 aromatic carbocycles. The Morgan fingerprint density at radius 2 is 0.468 bits per heavy atom. The first-order valence-corrected chi connectivity index (χ1v) is 49.4. The monoisotopic (exact) mass is 1590 g/mol. The van der Waals surface area contributed by atoms with Crippen LogP contribution in [0.15, 0.2) is 0 Å². The fourth-order valence-corrected chi connectivity index (χ4v) is 15.6. The lowest BCUT2D eigenvalue weighted by Crippen LogP contribution is -2.30. The molecular formula is C90H176O17P2. The van der Waals surface area contributed by atoms with Crippen LogP contribution in [-0.4, -0.2) is 96.7 Å². The average molecular weight is 1590 g/mol. The number of ether oxygens (including phenoxy) is 4. The van der Waals surface area contributed by atoms with Crippen LogP contribution in [0.4, 0.5) is 0 Å². The van der Waals surface area contributed by atoms with E-state index >= 15 is 0 Å². The van der Waals surface area contributed by atoms with Crippen LogP contribution in [-0.2, 0) is 65.4 Å². The quantitative estimate of drug-likeness (QED) is 0.0222. The van der Waals surface area contributed by atoms with E-state index in [1.54, 1.807) is 0 Å². The Morgan fingerprint density at radius 3 is 0.697 bits per heavy atom. The Balaban J connectivity index is 5.20. The van der Waals surface area contributed by atoms with Gasteiger partial charge < -0.3 is 33.8 Å². The molecule has 109 heavy (non-hydrogen) atoms. The molecule has 3 unspecified atom stereocenters. The molecule has 0 saturated carbocycles. The summed E-state index contributed by atoms with van der Waals surface area (Å²) in [6.45, 7) is 12.1. The van der Waals surface area contributed by atoms with Crippen molar-refractivity contribution in [2.24, 2.45) is 17.8 Å². The van der Waals surface area contributed by atoms with E-state index < -0.39 is 97.5 Å². The predicted molar refractivity (Wildman–Crippen MR) is 451 cm³/mol. The molecule has 0 aromatic rings. The van der Waals surface area contributed by atoms with Crippen molar-refractivity contribution in [2.45, 2.75) is 497 Å². The van der Waals surface area contributed by atoms with Gasteiger partial charge in [0.25, 0.3) is 0 Å². The number of rotatable bonds is 88. The summed E-state index contributed by atoms with van der Waals surface area (Å²) in [6, 6.07) is 0. The third-order valence-electron chi connectivity index (χ3n) is 21.5. The van der Waals surface area contributed by atoms with Crippen molar-refractivity contribution in [3.8, 4) is 0 Å². The van der Waals surface area contributed by atoms with Crippen molar-refractivity contribution >= 4 is 39.5 Å². The summed E-state index contributed by atoms with van der Waals surface area (Å²) in [7, 11) is -9.93. The van der Waals surface area contributed by atoms with Crippen LogP contribution in [0.2, 0.25) is 0 Å². The summed E-state index contributed by atoms with van der Waals surface area (Å²) >= 11 is 0. The molecule has 0 rings (SSSR count). The van der Waals surface area contributed by atoms with E-state index in [9.17, 15) is 43.2 Å². The van der Waals surface area contributed by atoms with Gasteiger partial charge >= 0.3 is 39.5 Å². The number of phosphoric acid groups is 2. The molecule has 0 aromatic heterocycles. The van der Waals surface area contributed by atoms with E-state index in [2.05, 4.69) is 48.5 Å². The van der Waals surface area contributed by atoms with E-state index in [4.69, 9.17) is 37.0 Å². The zero-order valence-electron chi connectivity index (χ0n) is 72.0. The highest BCUT2D eigenvalue weighted by molar-refractivity contribution is 7.47. The number of hydrogen-bond acceptors (Lipinski definition) is 15. The zero-order chi connectivity index (χ0) is 80.0. The van der Waals surface area contributed by atoms with Crippen molar-refractivity contribution in [2.75, 3.05) is 39.6 Å². The first-order valence-electron chi connectivity index (χ1n) is 46.4. The highest BCUT2D eigenvalue weighted by Gasteiger charge is 2.31. The fourth-order valence-electron chi connectivity index (χ4n) is 14.0. The van der Waals surface area contributed by atoms with Gasteiger partial charge in [0.15, 0.2) is 12.2 Å². The van der Waals surface area contributed by atoms with Crippen LogP contribution in [0.5, 0.6) is 0 Å². The van der Waals surface area contributed by atoms with Crippen LogP contribution in [0.1, 0.15) is 479 Å². The number of carbonyl (C=O) groups excluding carboxylic acids is 4. The Kier molecular flexibility index (Phi) is 78.5. The SMILES string of the molecule is CCCCCCCCCCCC(=O)OC[C@H](COP(=O)(O)OC[C@H](O)COP(=O)(O)OC[C@@H](COC(=O)CCCCCCCCCCCCCCCCCCCCC(C)C)OC(=O)CCCCCCCCCCCCCCCCCCCCC(C)C)OC(=O)CCCCCCCCCCCCCCCCC(C)CC. The Labute approximate surface area is 670 Å². The molecule has 17 nitrogen and oxygen atoms in total. The number of aliphatic hydroxyl groups is 1. The van der Waals surface area contributed by atoms with E-state index in [-0.39, 0.29) is 25.7 Å². The maximum Gasteiger partial charge on any atom is 0.472 e. The lowest BCUT2D eigenvalue weighted by Gasteiger charge is -2.21. The van der Waals surface area contributed by atoms with E-state index in [1.165, 1.54) is 289 Å². The van der Waals surface area contributed by atoms with Crippen LogP contribution < -0.4 is 0 Å². The highest BCUT2D eigenvalue weighted by atomic mass is 31.2. The number of hydrogen-bond donors (Lipinski definition) is 3. The summed E-state index contributed by atoms with van der Waals surface area (Å²) < 4.78 is 69.0. The Hall–Kier alpha value is -1.94. The normalized spacial score (nSPS) is 14.1. The smallest absolute Gasteiger partial charge is 0.462 e. The molecule has 648 valence electrons. The minimum absolute atomic E-state index is 0.108. The molecule has 0 heterocycles. The molecular weight excluding hydrogens is 1410 g/mol. The molecule has 0 radical (unpaired) electrons. The van der Waals surface area contributed by atoms with Gasteiger partial charge in [-0.25, -0.2) is 9.13 Å². The van der Waals surface area contributed by atoms with Crippen LogP contribution in [0, 0.1) is 17.8 Å². The first kappa shape index (κ1) is 107. The number of unbranched alkanes of at least 4 members (excludes halogenated alkanes) is 55. The zero-order valence-corrected chi connectivity index (χ0v) is 73.8. The average Bonchev–Trinajstić information content (AvgIpc) is 0.891. The fraction of sp³-hybridized carbons (Fsp3) is 0.956.